The van der Waals surface area contributed by atoms with Crippen molar-refractivity contribution >= 4 is 44.7 Å². The lowest BCUT2D eigenvalue weighted by Gasteiger charge is -2.20. The summed E-state index contributed by atoms with van der Waals surface area (Å²) in [5.41, 5.74) is 7.62. The van der Waals surface area contributed by atoms with Crippen LogP contribution in [0.15, 0.2) is 27.5 Å². The van der Waals surface area contributed by atoms with Crippen LogP contribution in [0.2, 0.25) is 0 Å². The maximum absolute atomic E-state index is 11.8. The number of carbonyl (C=O) groups excluding carboxylic acids is 1. The molecule has 106 valence electrons. The van der Waals surface area contributed by atoms with Gasteiger partial charge in [0.2, 0.25) is 0 Å². The molecule has 2 rings (SSSR count). The molecule has 0 radical (unpaired) electrons. The van der Waals surface area contributed by atoms with Crippen molar-refractivity contribution in [3.8, 4) is 0 Å². The van der Waals surface area contributed by atoms with Crippen molar-refractivity contribution in [2.45, 2.75) is 6.54 Å². The molecule has 2 aromatic heterocycles. The van der Waals surface area contributed by atoms with Crippen molar-refractivity contribution in [1.82, 2.24) is 4.98 Å². The van der Waals surface area contributed by atoms with Crippen LogP contribution < -0.4 is 10.6 Å². The minimum Gasteiger partial charge on any atom is -0.465 e. The molecule has 0 spiro atoms. The Kier molecular flexibility index (Phi) is 4.61. The van der Waals surface area contributed by atoms with Gasteiger partial charge in [0, 0.05) is 13.6 Å². The van der Waals surface area contributed by atoms with Crippen LogP contribution >= 0.6 is 27.3 Å². The van der Waals surface area contributed by atoms with Crippen molar-refractivity contribution < 1.29 is 9.53 Å². The van der Waals surface area contributed by atoms with Gasteiger partial charge in [0.25, 0.3) is 0 Å². The standard InChI is InChI=1S/C13H14BrN3O2S/c1-17(6-8-3-11(14)20-7-8)12-10(13(18)19-2)4-9(15)5-16-12/h3-5,7H,6,15H2,1-2H3. The van der Waals surface area contributed by atoms with Crippen LogP contribution in [0.4, 0.5) is 11.5 Å². The molecule has 0 saturated carbocycles. The van der Waals surface area contributed by atoms with Gasteiger partial charge in [-0.3, -0.25) is 0 Å². The van der Waals surface area contributed by atoms with E-state index in [1.54, 1.807) is 17.4 Å². The number of carbonyl (C=O) groups is 1. The van der Waals surface area contributed by atoms with Crippen LogP contribution in [0, 0.1) is 0 Å². The van der Waals surface area contributed by atoms with Crippen LogP contribution in [0.1, 0.15) is 15.9 Å². The third kappa shape index (κ3) is 3.29. The summed E-state index contributed by atoms with van der Waals surface area (Å²) in [4.78, 5) is 17.9. The molecule has 7 heteroatoms. The number of rotatable bonds is 4. The Balaban J connectivity index is 2.29. The minimum absolute atomic E-state index is 0.365. The van der Waals surface area contributed by atoms with Crippen molar-refractivity contribution in [1.29, 1.82) is 0 Å². The molecule has 0 saturated heterocycles. The minimum atomic E-state index is -0.446. The Hall–Kier alpha value is -1.60. The fourth-order valence-corrected chi connectivity index (χ4v) is 3.02. The number of thiophene rings is 1. The zero-order valence-electron chi connectivity index (χ0n) is 11.1. The summed E-state index contributed by atoms with van der Waals surface area (Å²) in [6.07, 6.45) is 1.53. The third-order valence-corrected chi connectivity index (χ3v) is 4.25. The fraction of sp³-hybridized carbons (Fsp3) is 0.231. The Morgan fingerprint density at radius 2 is 2.30 bits per heavy atom. The van der Waals surface area contributed by atoms with Crippen LogP contribution in [0.25, 0.3) is 0 Å². The molecule has 0 unspecified atom stereocenters. The number of pyridine rings is 1. The molecular formula is C13H14BrN3O2S. The van der Waals surface area contributed by atoms with Gasteiger partial charge >= 0.3 is 5.97 Å². The molecule has 5 nitrogen and oxygen atoms in total. The number of anilines is 2. The molecule has 2 heterocycles. The second kappa shape index (κ2) is 6.23. The van der Waals surface area contributed by atoms with Crippen molar-refractivity contribution in [3.05, 3.63) is 38.6 Å². The Morgan fingerprint density at radius 1 is 1.55 bits per heavy atom. The monoisotopic (exact) mass is 355 g/mol. The number of hydrogen-bond acceptors (Lipinski definition) is 6. The van der Waals surface area contributed by atoms with Gasteiger partial charge in [-0.1, -0.05) is 0 Å². The summed E-state index contributed by atoms with van der Waals surface area (Å²) in [5.74, 6) is 0.103. The summed E-state index contributed by atoms with van der Waals surface area (Å²) in [7, 11) is 3.21. The van der Waals surface area contributed by atoms with Gasteiger partial charge in [0.1, 0.15) is 11.4 Å². The molecule has 0 amide bonds. The van der Waals surface area contributed by atoms with Gasteiger partial charge in [-0.2, -0.15) is 0 Å². The van der Waals surface area contributed by atoms with Gasteiger partial charge in [0.15, 0.2) is 0 Å². The molecular weight excluding hydrogens is 342 g/mol. The highest BCUT2D eigenvalue weighted by molar-refractivity contribution is 9.11. The molecule has 2 N–H and O–H groups in total. The van der Waals surface area contributed by atoms with E-state index in [1.807, 2.05) is 18.0 Å². The Bertz CT molecular complexity index is 630. The van der Waals surface area contributed by atoms with Crippen LogP contribution in [0.3, 0.4) is 0 Å². The molecule has 0 fully saturated rings. The van der Waals surface area contributed by atoms with Gasteiger partial charge in [0.05, 0.1) is 22.8 Å². The van der Waals surface area contributed by atoms with Crippen molar-refractivity contribution in [3.63, 3.8) is 0 Å². The molecule has 0 atom stereocenters. The number of nitrogen functional groups attached to an aromatic ring is 1. The molecule has 0 aliphatic rings. The summed E-state index contributed by atoms with van der Waals surface area (Å²) in [5, 5.41) is 2.05. The number of nitrogens with zero attached hydrogens (tertiary/aromatic N) is 2. The molecule has 0 aliphatic heterocycles. The number of hydrogen-bond donors (Lipinski definition) is 1. The van der Waals surface area contributed by atoms with E-state index < -0.39 is 5.97 Å². The zero-order chi connectivity index (χ0) is 14.7. The first-order valence-electron chi connectivity index (χ1n) is 5.79. The highest BCUT2D eigenvalue weighted by Gasteiger charge is 2.17. The Labute approximate surface area is 129 Å². The highest BCUT2D eigenvalue weighted by Crippen LogP contribution is 2.25. The molecule has 0 aliphatic carbocycles. The summed E-state index contributed by atoms with van der Waals surface area (Å²) < 4.78 is 5.84. The summed E-state index contributed by atoms with van der Waals surface area (Å²) in [6.45, 7) is 0.642. The fourth-order valence-electron chi connectivity index (χ4n) is 1.82. The lowest BCUT2D eigenvalue weighted by atomic mass is 10.2. The number of methoxy groups -OCH3 is 1. The number of ether oxygens (including phenoxy) is 1. The number of nitrogens with two attached hydrogens (primary N) is 1. The summed E-state index contributed by atoms with van der Waals surface area (Å²) >= 11 is 5.05. The van der Waals surface area contributed by atoms with E-state index >= 15 is 0 Å². The van der Waals surface area contributed by atoms with E-state index in [0.717, 1.165) is 9.35 Å². The van der Waals surface area contributed by atoms with Crippen molar-refractivity contribution in [2.24, 2.45) is 0 Å². The Morgan fingerprint density at radius 3 is 2.90 bits per heavy atom. The largest absolute Gasteiger partial charge is 0.465 e. The predicted molar refractivity (Wildman–Crippen MR) is 84.1 cm³/mol. The molecule has 20 heavy (non-hydrogen) atoms. The van der Waals surface area contributed by atoms with Crippen molar-refractivity contribution in [2.75, 3.05) is 24.8 Å². The number of halogens is 1. The van der Waals surface area contributed by atoms with Gasteiger partial charge in [-0.15, -0.1) is 11.3 Å². The van der Waals surface area contributed by atoms with E-state index in [1.165, 1.54) is 13.3 Å². The van der Waals surface area contributed by atoms with E-state index in [9.17, 15) is 4.79 Å². The average molecular weight is 356 g/mol. The normalized spacial score (nSPS) is 10.3. The van der Waals surface area contributed by atoms with E-state index in [2.05, 4.69) is 26.3 Å². The number of esters is 1. The predicted octanol–water partition coefficient (Wildman–Crippen LogP) is 2.91. The third-order valence-electron chi connectivity index (χ3n) is 2.70. The quantitative estimate of drug-likeness (QED) is 0.854. The number of aromatic nitrogens is 1. The second-order valence-electron chi connectivity index (χ2n) is 4.25. The maximum Gasteiger partial charge on any atom is 0.341 e. The van der Waals surface area contributed by atoms with E-state index in [4.69, 9.17) is 10.5 Å². The first-order chi connectivity index (χ1) is 9.51. The highest BCUT2D eigenvalue weighted by atomic mass is 79.9. The molecule has 2 aromatic rings. The maximum atomic E-state index is 11.8. The smallest absolute Gasteiger partial charge is 0.341 e. The first-order valence-corrected chi connectivity index (χ1v) is 7.46. The summed E-state index contributed by atoms with van der Waals surface area (Å²) in [6, 6.07) is 3.62. The second-order valence-corrected chi connectivity index (χ2v) is 6.54. The van der Waals surface area contributed by atoms with Crippen LogP contribution in [-0.4, -0.2) is 25.1 Å². The topological polar surface area (TPSA) is 68.5 Å². The SMILES string of the molecule is COC(=O)c1cc(N)cnc1N(C)Cc1csc(Br)c1. The first kappa shape index (κ1) is 14.8. The van der Waals surface area contributed by atoms with E-state index in [-0.39, 0.29) is 0 Å². The average Bonchev–Trinajstić information content (AvgIpc) is 2.82. The van der Waals surface area contributed by atoms with Gasteiger partial charge in [-0.05, 0) is 39.0 Å². The molecule has 0 aromatic carbocycles. The lowest BCUT2D eigenvalue weighted by Crippen LogP contribution is -2.21. The van der Waals surface area contributed by atoms with Crippen LogP contribution in [0.5, 0.6) is 0 Å². The van der Waals surface area contributed by atoms with E-state index in [0.29, 0.717) is 23.6 Å². The van der Waals surface area contributed by atoms with Gasteiger partial charge in [-0.25, -0.2) is 9.78 Å². The van der Waals surface area contributed by atoms with Crippen LogP contribution in [-0.2, 0) is 11.3 Å². The van der Waals surface area contributed by atoms with Gasteiger partial charge < -0.3 is 15.4 Å². The zero-order valence-corrected chi connectivity index (χ0v) is 13.5. The lowest BCUT2D eigenvalue weighted by molar-refractivity contribution is 0.0601. The molecule has 0 bridgehead atoms.